The molecule has 4 N–H and O–H groups in total. The van der Waals surface area contributed by atoms with E-state index in [1.54, 1.807) is 0 Å². The van der Waals surface area contributed by atoms with Gasteiger partial charge in [-0.15, -0.1) is 0 Å². The average Bonchev–Trinajstić information content (AvgIpc) is 2.62. The number of anilines is 1. The molecule has 1 aromatic carbocycles. The van der Waals surface area contributed by atoms with Crippen LogP contribution in [0.3, 0.4) is 0 Å². The Hall–Kier alpha value is -0.770. The van der Waals surface area contributed by atoms with Gasteiger partial charge in [-0.2, -0.15) is 0 Å². The molecule has 2 rings (SSSR count). The molecular weight excluding hydrogens is 200 g/mol. The van der Waals surface area contributed by atoms with Crippen LogP contribution in [0, 0.1) is 0 Å². The fourth-order valence-corrected chi connectivity index (χ4v) is 2.01. The fraction of sp³-hybridized carbons (Fsp3) is 0.400. The topological polar surface area (TPSA) is 58.3 Å². The van der Waals surface area contributed by atoms with E-state index in [0.29, 0.717) is 0 Å². The quantitative estimate of drug-likeness (QED) is 0.686. The molecule has 0 bridgehead atoms. The Morgan fingerprint density at radius 3 is 3.07 bits per heavy atom. The Morgan fingerprint density at radius 1 is 1.64 bits per heavy atom. The Kier molecular flexibility index (Phi) is 2.63. The summed E-state index contributed by atoms with van der Waals surface area (Å²) in [6.45, 7) is -0.0106. The van der Waals surface area contributed by atoms with Gasteiger partial charge in [0, 0.05) is 12.1 Å². The number of aliphatic hydroxyl groups excluding tert-OH is 1. The first-order chi connectivity index (χ1) is 6.72. The third kappa shape index (κ3) is 1.59. The maximum Gasteiger partial charge on any atom is 0.0640 e. The van der Waals surface area contributed by atoms with Gasteiger partial charge in [0.05, 0.1) is 17.3 Å². The van der Waals surface area contributed by atoms with Gasteiger partial charge in [-0.05, 0) is 18.1 Å². The van der Waals surface area contributed by atoms with E-state index in [-0.39, 0.29) is 18.7 Å². The van der Waals surface area contributed by atoms with E-state index in [9.17, 15) is 0 Å². The molecule has 2 atom stereocenters. The molecule has 76 valence electrons. The number of hydrogen-bond donors (Lipinski definition) is 3. The van der Waals surface area contributed by atoms with Crippen LogP contribution in [-0.2, 0) is 6.42 Å². The number of para-hydroxylation sites is 1. The van der Waals surface area contributed by atoms with E-state index in [2.05, 4.69) is 5.32 Å². The van der Waals surface area contributed by atoms with E-state index in [1.807, 2.05) is 18.2 Å². The van der Waals surface area contributed by atoms with Crippen LogP contribution in [0.5, 0.6) is 0 Å². The van der Waals surface area contributed by atoms with Crippen LogP contribution in [0.25, 0.3) is 0 Å². The smallest absolute Gasteiger partial charge is 0.0640 e. The monoisotopic (exact) mass is 212 g/mol. The first-order valence-electron chi connectivity index (χ1n) is 4.62. The molecule has 0 spiro atoms. The molecule has 1 aliphatic rings. The molecule has 0 saturated heterocycles. The van der Waals surface area contributed by atoms with Gasteiger partial charge in [0.2, 0.25) is 0 Å². The van der Waals surface area contributed by atoms with Crippen molar-refractivity contribution in [3.63, 3.8) is 0 Å². The van der Waals surface area contributed by atoms with Crippen molar-refractivity contribution in [2.75, 3.05) is 11.9 Å². The molecule has 0 amide bonds. The van der Waals surface area contributed by atoms with E-state index in [0.717, 1.165) is 17.1 Å². The number of nitrogens with two attached hydrogens (primary N) is 1. The minimum atomic E-state index is -0.238. The van der Waals surface area contributed by atoms with E-state index in [4.69, 9.17) is 22.4 Å². The van der Waals surface area contributed by atoms with Crippen molar-refractivity contribution in [2.24, 2.45) is 5.73 Å². The zero-order valence-corrected chi connectivity index (χ0v) is 8.46. The molecule has 2 unspecified atom stereocenters. The average molecular weight is 213 g/mol. The molecule has 0 saturated carbocycles. The Labute approximate surface area is 87.9 Å². The number of rotatable bonds is 2. The molecule has 3 nitrogen and oxygen atoms in total. The first-order valence-corrected chi connectivity index (χ1v) is 5.00. The molecular formula is C10H13ClN2O. The second kappa shape index (κ2) is 3.77. The predicted octanol–water partition coefficient (Wildman–Crippen LogP) is 0.996. The third-order valence-corrected chi connectivity index (χ3v) is 2.91. The number of fused-ring (bicyclic) bond motifs is 1. The first kappa shape index (κ1) is 9.77. The van der Waals surface area contributed by atoms with Crippen LogP contribution in [0.4, 0.5) is 5.69 Å². The Balaban J connectivity index is 2.22. The van der Waals surface area contributed by atoms with Gasteiger partial charge in [-0.3, -0.25) is 0 Å². The van der Waals surface area contributed by atoms with Crippen LogP contribution in [0.1, 0.15) is 5.56 Å². The van der Waals surface area contributed by atoms with E-state index in [1.165, 1.54) is 5.56 Å². The molecule has 14 heavy (non-hydrogen) atoms. The van der Waals surface area contributed by atoms with Crippen molar-refractivity contribution < 1.29 is 5.11 Å². The lowest BCUT2D eigenvalue weighted by molar-refractivity contribution is 0.254. The zero-order valence-electron chi connectivity index (χ0n) is 7.70. The molecule has 0 fully saturated rings. The summed E-state index contributed by atoms with van der Waals surface area (Å²) in [6, 6.07) is 5.65. The Bertz CT molecular complexity index is 343. The summed E-state index contributed by atoms with van der Waals surface area (Å²) in [5, 5.41) is 12.9. The zero-order chi connectivity index (χ0) is 10.1. The highest BCUT2D eigenvalue weighted by Gasteiger charge is 2.26. The van der Waals surface area contributed by atoms with Crippen molar-refractivity contribution >= 4 is 17.3 Å². The summed E-state index contributed by atoms with van der Waals surface area (Å²) in [7, 11) is 0. The van der Waals surface area contributed by atoms with Gasteiger partial charge in [-0.1, -0.05) is 23.7 Å². The second-order valence-electron chi connectivity index (χ2n) is 3.58. The standard InChI is InChI=1S/C10H13ClN2O/c11-7-3-1-2-6-4-9(8(12)5-14)13-10(6)7/h1-3,8-9,13-14H,4-5,12H2. The summed E-state index contributed by atoms with van der Waals surface area (Å²) in [5.74, 6) is 0. The lowest BCUT2D eigenvalue weighted by Crippen LogP contribution is -2.41. The normalized spacial score (nSPS) is 21.5. The largest absolute Gasteiger partial charge is 0.395 e. The summed E-state index contributed by atoms with van der Waals surface area (Å²) in [5.41, 5.74) is 7.89. The molecule has 0 radical (unpaired) electrons. The Morgan fingerprint density at radius 2 is 2.43 bits per heavy atom. The summed E-state index contributed by atoms with van der Waals surface area (Å²) in [6.07, 6.45) is 0.831. The van der Waals surface area contributed by atoms with Crippen LogP contribution < -0.4 is 11.1 Å². The number of aliphatic hydroxyl groups is 1. The number of benzene rings is 1. The molecule has 1 aliphatic heterocycles. The lowest BCUT2D eigenvalue weighted by Gasteiger charge is -2.17. The van der Waals surface area contributed by atoms with E-state index < -0.39 is 0 Å². The van der Waals surface area contributed by atoms with Gasteiger partial charge < -0.3 is 16.2 Å². The molecule has 0 aliphatic carbocycles. The highest BCUT2D eigenvalue weighted by molar-refractivity contribution is 6.33. The van der Waals surface area contributed by atoms with Crippen molar-refractivity contribution in [2.45, 2.75) is 18.5 Å². The van der Waals surface area contributed by atoms with Gasteiger partial charge in [-0.25, -0.2) is 0 Å². The molecule has 1 heterocycles. The predicted molar refractivity (Wildman–Crippen MR) is 57.6 cm³/mol. The molecule has 1 aromatic rings. The van der Waals surface area contributed by atoms with Gasteiger partial charge >= 0.3 is 0 Å². The maximum absolute atomic E-state index is 8.95. The number of halogens is 1. The number of nitrogens with one attached hydrogen (secondary N) is 1. The fourth-order valence-electron chi connectivity index (χ4n) is 1.76. The summed E-state index contributed by atoms with van der Waals surface area (Å²) < 4.78 is 0. The highest BCUT2D eigenvalue weighted by Crippen LogP contribution is 2.33. The molecule has 0 aromatic heterocycles. The van der Waals surface area contributed by atoms with Crippen molar-refractivity contribution in [3.8, 4) is 0 Å². The lowest BCUT2D eigenvalue weighted by atomic mass is 10.1. The third-order valence-electron chi connectivity index (χ3n) is 2.60. The van der Waals surface area contributed by atoms with Crippen LogP contribution in [-0.4, -0.2) is 23.8 Å². The van der Waals surface area contributed by atoms with Crippen LogP contribution in [0.15, 0.2) is 18.2 Å². The highest BCUT2D eigenvalue weighted by atomic mass is 35.5. The SMILES string of the molecule is NC(CO)C1Cc2cccc(Cl)c2N1. The molecule has 4 heteroatoms. The summed E-state index contributed by atoms with van der Waals surface area (Å²) in [4.78, 5) is 0. The van der Waals surface area contributed by atoms with Crippen molar-refractivity contribution in [3.05, 3.63) is 28.8 Å². The van der Waals surface area contributed by atoms with Crippen LogP contribution in [0.2, 0.25) is 5.02 Å². The summed E-state index contributed by atoms with van der Waals surface area (Å²) >= 11 is 6.02. The second-order valence-corrected chi connectivity index (χ2v) is 3.98. The van der Waals surface area contributed by atoms with Crippen molar-refractivity contribution in [1.82, 2.24) is 0 Å². The van der Waals surface area contributed by atoms with Crippen molar-refractivity contribution in [1.29, 1.82) is 0 Å². The number of hydrogen-bond acceptors (Lipinski definition) is 3. The van der Waals surface area contributed by atoms with Gasteiger partial charge in [0.25, 0.3) is 0 Å². The maximum atomic E-state index is 8.95. The van der Waals surface area contributed by atoms with Gasteiger partial charge in [0.15, 0.2) is 0 Å². The minimum Gasteiger partial charge on any atom is -0.395 e. The van der Waals surface area contributed by atoms with E-state index >= 15 is 0 Å². The van der Waals surface area contributed by atoms with Gasteiger partial charge in [0.1, 0.15) is 0 Å². The minimum absolute atomic E-state index is 0.0106. The van der Waals surface area contributed by atoms with Crippen LogP contribution >= 0.6 is 11.6 Å².